The highest BCUT2D eigenvalue weighted by Gasteiger charge is 2.15. The Morgan fingerprint density at radius 1 is 1.25 bits per heavy atom. The van der Waals surface area contributed by atoms with Crippen LogP contribution in [0.3, 0.4) is 0 Å². The van der Waals surface area contributed by atoms with Crippen LogP contribution in [0.25, 0.3) is 0 Å². The summed E-state index contributed by atoms with van der Waals surface area (Å²) in [4.78, 5) is 25.3. The second-order valence-electron chi connectivity index (χ2n) is 5.82. The second kappa shape index (κ2) is 8.24. The molecule has 1 atom stereocenters. The van der Waals surface area contributed by atoms with Crippen molar-refractivity contribution >= 4 is 11.8 Å². The van der Waals surface area contributed by atoms with Gasteiger partial charge in [-0.1, -0.05) is 42.5 Å². The topological polar surface area (TPSA) is 80.1 Å². The molecule has 7 nitrogen and oxygen atoms in total. The van der Waals surface area contributed by atoms with Gasteiger partial charge in [0.2, 0.25) is 5.91 Å². The Hall–Kier alpha value is -2.70. The first-order valence-electron chi connectivity index (χ1n) is 7.94. The lowest BCUT2D eigenvalue weighted by atomic mass is 9.96. The molecule has 7 heteroatoms. The van der Waals surface area contributed by atoms with Crippen LogP contribution in [0.5, 0.6) is 0 Å². The largest absolute Gasteiger partial charge is 0.350 e. The van der Waals surface area contributed by atoms with Gasteiger partial charge in [0.1, 0.15) is 6.54 Å². The normalized spacial score (nSPS) is 11.8. The van der Waals surface area contributed by atoms with E-state index in [0.29, 0.717) is 6.54 Å². The minimum atomic E-state index is -0.284. The highest BCUT2D eigenvalue weighted by Crippen LogP contribution is 2.18. The lowest BCUT2D eigenvalue weighted by molar-refractivity contribution is -0.129. The number of hydrogen-bond donors (Lipinski definition) is 1. The summed E-state index contributed by atoms with van der Waals surface area (Å²) in [5, 5.41) is 10.5. The third-order valence-electron chi connectivity index (χ3n) is 3.84. The zero-order chi connectivity index (χ0) is 17.5. The Bertz CT molecular complexity index is 681. The van der Waals surface area contributed by atoms with Crippen molar-refractivity contribution in [3.63, 3.8) is 0 Å². The molecule has 2 aromatic rings. The predicted octanol–water partition coefficient (Wildman–Crippen LogP) is 1.29. The molecule has 0 aliphatic carbocycles. The number of nitrogens with one attached hydrogen (secondary N) is 1. The quantitative estimate of drug-likeness (QED) is 0.830. The highest BCUT2D eigenvalue weighted by atomic mass is 16.2. The number of carbonyl (C=O) groups is 2. The van der Waals surface area contributed by atoms with Gasteiger partial charge in [0.25, 0.3) is 5.91 Å². The van der Waals surface area contributed by atoms with E-state index in [-0.39, 0.29) is 30.0 Å². The minimum absolute atomic E-state index is 0.0644. The third-order valence-corrected chi connectivity index (χ3v) is 3.84. The SMILES string of the molecule is CC[C@@H](CNC(=O)c1cn(CC(=O)N(C)C)nn1)c1ccccc1. The van der Waals surface area contributed by atoms with Gasteiger partial charge in [-0.3, -0.25) is 9.59 Å². The van der Waals surface area contributed by atoms with Crippen molar-refractivity contribution in [1.82, 2.24) is 25.2 Å². The molecule has 2 rings (SSSR count). The molecular weight excluding hydrogens is 306 g/mol. The van der Waals surface area contributed by atoms with Crippen LogP contribution in [0, 0.1) is 0 Å². The maximum atomic E-state index is 12.2. The molecule has 0 radical (unpaired) electrons. The van der Waals surface area contributed by atoms with E-state index in [1.807, 2.05) is 18.2 Å². The van der Waals surface area contributed by atoms with Crippen LogP contribution in [0.15, 0.2) is 36.5 Å². The van der Waals surface area contributed by atoms with Gasteiger partial charge >= 0.3 is 0 Å². The van der Waals surface area contributed by atoms with Crippen LogP contribution in [-0.4, -0.2) is 52.3 Å². The summed E-state index contributed by atoms with van der Waals surface area (Å²) < 4.78 is 1.37. The molecule has 1 aromatic heterocycles. The number of rotatable bonds is 7. The van der Waals surface area contributed by atoms with Crippen molar-refractivity contribution in [3.05, 3.63) is 47.8 Å². The van der Waals surface area contributed by atoms with Gasteiger partial charge in [-0.25, -0.2) is 4.68 Å². The molecule has 1 aromatic carbocycles. The molecular formula is C17H23N5O2. The van der Waals surface area contributed by atoms with Crippen LogP contribution in [0.1, 0.15) is 35.3 Å². The van der Waals surface area contributed by atoms with Gasteiger partial charge in [-0.15, -0.1) is 5.10 Å². The number of nitrogens with zero attached hydrogens (tertiary/aromatic N) is 4. The molecule has 0 unspecified atom stereocenters. The number of hydrogen-bond acceptors (Lipinski definition) is 4. The summed E-state index contributed by atoms with van der Waals surface area (Å²) in [6, 6.07) is 10.1. The van der Waals surface area contributed by atoms with E-state index in [4.69, 9.17) is 0 Å². The first-order chi connectivity index (χ1) is 11.5. The maximum Gasteiger partial charge on any atom is 0.273 e. The number of likely N-dealkylation sites (N-methyl/N-ethyl adjacent to an activating group) is 1. The Labute approximate surface area is 141 Å². The molecule has 0 aliphatic rings. The van der Waals surface area contributed by atoms with Gasteiger partial charge in [0, 0.05) is 26.6 Å². The smallest absolute Gasteiger partial charge is 0.273 e. The summed E-state index contributed by atoms with van der Waals surface area (Å²) >= 11 is 0. The van der Waals surface area contributed by atoms with E-state index in [1.165, 1.54) is 21.3 Å². The summed E-state index contributed by atoms with van der Waals surface area (Å²) in [5.74, 6) is -0.143. The second-order valence-corrected chi connectivity index (χ2v) is 5.82. The maximum absolute atomic E-state index is 12.2. The van der Waals surface area contributed by atoms with Gasteiger partial charge < -0.3 is 10.2 Å². The van der Waals surface area contributed by atoms with Gasteiger partial charge in [-0.05, 0) is 12.0 Å². The Balaban J connectivity index is 1.93. The van der Waals surface area contributed by atoms with Crippen LogP contribution in [-0.2, 0) is 11.3 Å². The average Bonchev–Trinajstić information content (AvgIpc) is 3.04. The van der Waals surface area contributed by atoms with Crippen molar-refractivity contribution in [2.24, 2.45) is 0 Å². The Morgan fingerprint density at radius 3 is 2.58 bits per heavy atom. The van der Waals surface area contributed by atoms with Crippen molar-refractivity contribution in [1.29, 1.82) is 0 Å². The van der Waals surface area contributed by atoms with Crippen molar-refractivity contribution in [3.8, 4) is 0 Å². The monoisotopic (exact) mass is 329 g/mol. The molecule has 1 N–H and O–H groups in total. The fourth-order valence-electron chi connectivity index (χ4n) is 2.29. The average molecular weight is 329 g/mol. The molecule has 0 bridgehead atoms. The lowest BCUT2D eigenvalue weighted by Gasteiger charge is -2.15. The van der Waals surface area contributed by atoms with Gasteiger partial charge in [0.05, 0.1) is 6.20 Å². The summed E-state index contributed by atoms with van der Waals surface area (Å²) in [5.41, 5.74) is 1.41. The third kappa shape index (κ3) is 4.65. The van der Waals surface area contributed by atoms with Crippen molar-refractivity contribution in [2.45, 2.75) is 25.8 Å². The Morgan fingerprint density at radius 2 is 1.96 bits per heavy atom. The van der Waals surface area contributed by atoms with Crippen molar-refractivity contribution < 1.29 is 9.59 Å². The predicted molar refractivity (Wildman–Crippen MR) is 90.5 cm³/mol. The van der Waals surface area contributed by atoms with E-state index in [0.717, 1.165) is 6.42 Å². The molecule has 1 heterocycles. The standard InChI is InChI=1S/C17H23N5O2/c1-4-13(14-8-6-5-7-9-14)10-18-17(24)15-11-22(20-19-15)12-16(23)21(2)3/h5-9,11,13H,4,10,12H2,1-3H3,(H,18,24)/t13-/m0/s1. The zero-order valence-corrected chi connectivity index (χ0v) is 14.3. The lowest BCUT2D eigenvalue weighted by Crippen LogP contribution is -2.28. The highest BCUT2D eigenvalue weighted by molar-refractivity contribution is 5.91. The van der Waals surface area contributed by atoms with E-state index < -0.39 is 0 Å². The van der Waals surface area contributed by atoms with Crippen LogP contribution >= 0.6 is 0 Å². The molecule has 0 aliphatic heterocycles. The molecule has 0 spiro atoms. The summed E-state index contributed by atoms with van der Waals surface area (Å²) in [7, 11) is 3.34. The van der Waals surface area contributed by atoms with E-state index in [2.05, 4.69) is 34.7 Å². The zero-order valence-electron chi connectivity index (χ0n) is 14.3. The van der Waals surface area contributed by atoms with E-state index in [1.54, 1.807) is 14.1 Å². The van der Waals surface area contributed by atoms with Crippen LogP contribution in [0.4, 0.5) is 0 Å². The van der Waals surface area contributed by atoms with E-state index in [9.17, 15) is 9.59 Å². The molecule has 128 valence electrons. The fraction of sp³-hybridized carbons (Fsp3) is 0.412. The molecule has 0 saturated heterocycles. The van der Waals surface area contributed by atoms with Gasteiger partial charge in [0.15, 0.2) is 5.69 Å². The van der Waals surface area contributed by atoms with E-state index >= 15 is 0 Å². The number of carbonyl (C=O) groups excluding carboxylic acids is 2. The molecule has 0 fully saturated rings. The van der Waals surface area contributed by atoms with Crippen LogP contribution in [0.2, 0.25) is 0 Å². The summed E-state index contributed by atoms with van der Waals surface area (Å²) in [6.45, 7) is 2.69. The first kappa shape index (κ1) is 17.7. The molecule has 0 saturated carbocycles. The number of amides is 2. The first-order valence-corrected chi connectivity index (χ1v) is 7.94. The van der Waals surface area contributed by atoms with Crippen LogP contribution < -0.4 is 5.32 Å². The minimum Gasteiger partial charge on any atom is -0.350 e. The number of aromatic nitrogens is 3. The fourth-order valence-corrected chi connectivity index (χ4v) is 2.29. The number of benzene rings is 1. The molecule has 2 amide bonds. The van der Waals surface area contributed by atoms with Crippen molar-refractivity contribution in [2.75, 3.05) is 20.6 Å². The Kier molecular flexibility index (Phi) is 6.06. The van der Waals surface area contributed by atoms with Gasteiger partial charge in [-0.2, -0.15) is 0 Å². The molecule has 24 heavy (non-hydrogen) atoms. The summed E-state index contributed by atoms with van der Waals surface area (Å²) in [6.07, 6.45) is 2.41.